The molecular formula is C20H22N4O5S3. The van der Waals surface area contributed by atoms with Gasteiger partial charge in [-0.15, -0.1) is 10.2 Å². The van der Waals surface area contributed by atoms with Crippen LogP contribution in [0, 0.1) is 12.8 Å². The maximum absolute atomic E-state index is 12.7. The number of nitrogens with one attached hydrogen (secondary N) is 1. The van der Waals surface area contributed by atoms with Crippen molar-refractivity contribution in [3.8, 4) is 5.75 Å². The van der Waals surface area contributed by atoms with E-state index in [9.17, 15) is 14.4 Å². The van der Waals surface area contributed by atoms with E-state index in [2.05, 4.69) is 15.5 Å². The van der Waals surface area contributed by atoms with Crippen molar-refractivity contribution in [3.63, 3.8) is 0 Å². The van der Waals surface area contributed by atoms with Crippen molar-refractivity contribution in [2.45, 2.75) is 23.6 Å². The van der Waals surface area contributed by atoms with Crippen LogP contribution in [0.15, 0.2) is 46.4 Å². The zero-order chi connectivity index (χ0) is 23.1. The minimum Gasteiger partial charge on any atom is -0.484 e. The largest absolute Gasteiger partial charge is 0.484 e. The predicted octanol–water partition coefficient (Wildman–Crippen LogP) is 2.64. The highest BCUT2D eigenvalue weighted by atomic mass is 33.1. The molecule has 2 unspecified atom stereocenters. The lowest BCUT2D eigenvalue weighted by atomic mass is 9.91. The number of β-lactam (4-membered cyclic amide) rings is 1. The molecule has 1 aromatic carbocycles. The molecule has 1 aliphatic heterocycles. The first-order valence-corrected chi connectivity index (χ1v) is 12.6. The number of rotatable bonds is 10. The molecule has 3 rings (SSSR count). The van der Waals surface area contributed by atoms with Crippen LogP contribution in [0.5, 0.6) is 5.75 Å². The van der Waals surface area contributed by atoms with Crippen molar-refractivity contribution in [3.05, 3.63) is 47.1 Å². The number of hydrogen-bond acceptors (Lipinski definition) is 10. The number of ether oxygens (including phenoxy) is 2. The normalized spacial score (nSPS) is 18.2. The van der Waals surface area contributed by atoms with E-state index in [1.165, 1.54) is 51.1 Å². The lowest BCUT2D eigenvalue weighted by Crippen LogP contribution is -2.60. The Kier molecular flexibility index (Phi) is 8.53. The molecule has 9 nitrogen and oxygen atoms in total. The van der Waals surface area contributed by atoms with E-state index < -0.39 is 11.9 Å². The van der Waals surface area contributed by atoms with Crippen molar-refractivity contribution in [1.29, 1.82) is 0 Å². The summed E-state index contributed by atoms with van der Waals surface area (Å²) in [4.78, 5) is 38.0. The molecule has 2 atom stereocenters. The van der Waals surface area contributed by atoms with Crippen LogP contribution in [0.1, 0.15) is 11.9 Å². The van der Waals surface area contributed by atoms with Crippen molar-refractivity contribution in [2.75, 3.05) is 20.3 Å². The van der Waals surface area contributed by atoms with Crippen LogP contribution in [-0.2, 0) is 19.1 Å². The molecule has 32 heavy (non-hydrogen) atoms. The van der Waals surface area contributed by atoms with Crippen LogP contribution >= 0.6 is 32.9 Å². The molecule has 0 spiro atoms. The first-order chi connectivity index (χ1) is 15.4. The summed E-state index contributed by atoms with van der Waals surface area (Å²) in [6.45, 7) is 3.35. The predicted molar refractivity (Wildman–Crippen MR) is 123 cm³/mol. The smallest absolute Gasteiger partial charge is 0.325 e. The molecular weight excluding hydrogens is 472 g/mol. The minimum absolute atomic E-state index is 0.135. The zero-order valence-corrected chi connectivity index (χ0v) is 20.1. The Morgan fingerprint density at radius 3 is 2.69 bits per heavy atom. The van der Waals surface area contributed by atoms with Gasteiger partial charge in [0.1, 0.15) is 22.7 Å². The molecule has 1 saturated heterocycles. The number of para-hydroxylation sites is 1. The van der Waals surface area contributed by atoms with Gasteiger partial charge in [0.25, 0.3) is 5.91 Å². The Morgan fingerprint density at radius 2 is 2.03 bits per heavy atom. The second kappa shape index (κ2) is 11.3. The summed E-state index contributed by atoms with van der Waals surface area (Å²) in [7, 11) is 4.09. The van der Waals surface area contributed by atoms with Crippen molar-refractivity contribution in [1.82, 2.24) is 20.4 Å². The highest BCUT2D eigenvalue weighted by molar-refractivity contribution is 8.77. The van der Waals surface area contributed by atoms with Crippen molar-refractivity contribution < 1.29 is 23.9 Å². The van der Waals surface area contributed by atoms with Crippen LogP contribution < -0.4 is 10.1 Å². The number of aromatic nitrogens is 2. The Labute approximate surface area is 197 Å². The van der Waals surface area contributed by atoms with E-state index in [1.54, 1.807) is 19.1 Å². The van der Waals surface area contributed by atoms with Gasteiger partial charge in [0.15, 0.2) is 10.9 Å². The monoisotopic (exact) mass is 494 g/mol. The summed E-state index contributed by atoms with van der Waals surface area (Å²) in [6, 6.07) is 9.01. The number of carbonyl (C=O) groups is 3. The van der Waals surface area contributed by atoms with Gasteiger partial charge in [-0.25, -0.2) is 0 Å². The fourth-order valence-electron chi connectivity index (χ4n) is 2.82. The van der Waals surface area contributed by atoms with E-state index in [4.69, 9.17) is 9.47 Å². The maximum atomic E-state index is 12.7. The Morgan fingerprint density at radius 1 is 1.28 bits per heavy atom. The van der Waals surface area contributed by atoms with Gasteiger partial charge in [0, 0.05) is 6.20 Å². The van der Waals surface area contributed by atoms with Crippen LogP contribution in [0.25, 0.3) is 0 Å². The topological polar surface area (TPSA) is 111 Å². The van der Waals surface area contributed by atoms with E-state index >= 15 is 0 Å². The summed E-state index contributed by atoms with van der Waals surface area (Å²) >= 11 is 1.45. The zero-order valence-electron chi connectivity index (χ0n) is 17.6. The van der Waals surface area contributed by atoms with Gasteiger partial charge >= 0.3 is 5.97 Å². The molecule has 1 aliphatic rings. The summed E-state index contributed by atoms with van der Waals surface area (Å²) in [5.41, 5.74) is 0.677. The summed E-state index contributed by atoms with van der Waals surface area (Å²) in [5, 5.41) is 11.2. The molecule has 0 bridgehead atoms. The Hall–Kier alpha value is -2.57. The third-order valence-electron chi connectivity index (χ3n) is 4.46. The SMILES string of the molecule is COC(=O)CN1C(=O)C(C(C)=CNC(=O)COc2ccccc2)C1SSc1nnc(C)s1. The average Bonchev–Trinajstić information content (AvgIpc) is 3.22. The van der Waals surface area contributed by atoms with E-state index in [0.717, 1.165) is 9.35 Å². The van der Waals surface area contributed by atoms with Crippen LogP contribution in [-0.4, -0.2) is 58.5 Å². The molecule has 1 aromatic heterocycles. The van der Waals surface area contributed by atoms with Gasteiger partial charge in [-0.1, -0.05) is 40.3 Å². The van der Waals surface area contributed by atoms with Crippen LogP contribution in [0.4, 0.5) is 0 Å². The van der Waals surface area contributed by atoms with Crippen LogP contribution in [0.2, 0.25) is 0 Å². The average molecular weight is 495 g/mol. The van der Waals surface area contributed by atoms with E-state index in [0.29, 0.717) is 11.3 Å². The standard InChI is InChI=1S/C20H22N4O5S3/c1-12(9-21-15(25)11-29-14-7-5-4-6-8-14)17-18(27)24(10-16(26)28-3)19(17)31-32-20-23-22-13(2)30-20/h4-9,17,19H,10-11H2,1-3H3,(H,21,25). The third-order valence-corrected chi connectivity index (χ3v) is 8.31. The number of methoxy groups -OCH3 is 1. The fraction of sp³-hybridized carbons (Fsp3) is 0.350. The number of esters is 1. The fourth-order valence-corrected chi connectivity index (χ4v) is 6.66. The van der Waals surface area contributed by atoms with Crippen LogP contribution in [0.3, 0.4) is 0 Å². The highest BCUT2D eigenvalue weighted by Gasteiger charge is 2.49. The van der Waals surface area contributed by atoms with Gasteiger partial charge < -0.3 is 19.7 Å². The Bertz CT molecular complexity index is 998. The number of carbonyl (C=O) groups excluding carboxylic acids is 3. The second-order valence-electron chi connectivity index (χ2n) is 6.73. The first kappa shape index (κ1) is 24.1. The molecule has 2 heterocycles. The maximum Gasteiger partial charge on any atom is 0.325 e. The lowest BCUT2D eigenvalue weighted by Gasteiger charge is -2.46. The van der Waals surface area contributed by atoms with Crippen molar-refractivity contribution >= 4 is 50.7 Å². The number of aryl methyl sites for hydroxylation is 1. The quantitative estimate of drug-likeness (QED) is 0.303. The van der Waals surface area contributed by atoms with Crippen molar-refractivity contribution in [2.24, 2.45) is 5.92 Å². The van der Waals surface area contributed by atoms with Gasteiger partial charge in [0.05, 0.1) is 13.0 Å². The molecule has 2 amide bonds. The third kappa shape index (κ3) is 6.24. The molecule has 0 radical (unpaired) electrons. The second-order valence-corrected chi connectivity index (χ2v) is 10.5. The molecule has 1 fully saturated rings. The number of hydrogen-bond donors (Lipinski definition) is 1. The van der Waals surface area contributed by atoms with Gasteiger partial charge in [-0.05, 0) is 42.3 Å². The minimum atomic E-state index is -0.493. The van der Waals surface area contributed by atoms with E-state index in [-0.39, 0.29) is 30.3 Å². The molecule has 0 aliphatic carbocycles. The van der Waals surface area contributed by atoms with Gasteiger partial charge in [-0.2, -0.15) is 0 Å². The summed E-state index contributed by atoms with van der Waals surface area (Å²) < 4.78 is 10.9. The number of nitrogens with zero attached hydrogens (tertiary/aromatic N) is 3. The summed E-state index contributed by atoms with van der Waals surface area (Å²) in [5.74, 6) is -0.926. The number of likely N-dealkylation sites (tertiary alicyclic amines) is 1. The summed E-state index contributed by atoms with van der Waals surface area (Å²) in [6.07, 6.45) is 1.52. The number of benzene rings is 1. The van der Waals surface area contributed by atoms with E-state index in [1.807, 2.05) is 25.1 Å². The van der Waals surface area contributed by atoms with Gasteiger partial charge in [0.2, 0.25) is 5.91 Å². The highest BCUT2D eigenvalue weighted by Crippen LogP contribution is 2.47. The number of amides is 2. The first-order valence-electron chi connectivity index (χ1n) is 9.53. The molecule has 12 heteroatoms. The molecule has 0 saturated carbocycles. The van der Waals surface area contributed by atoms with Gasteiger partial charge in [-0.3, -0.25) is 14.4 Å². The molecule has 1 N–H and O–H groups in total. The molecule has 2 aromatic rings. The Balaban J connectivity index is 1.60. The molecule has 170 valence electrons. The lowest BCUT2D eigenvalue weighted by molar-refractivity contribution is -0.157.